The number of aryl methyl sites for hydroxylation is 2. The molecule has 1 aromatic heterocycles. The molecule has 1 heterocycles. The van der Waals surface area contributed by atoms with Gasteiger partial charge in [-0.15, -0.1) is 0 Å². The van der Waals surface area contributed by atoms with Gasteiger partial charge in [-0.2, -0.15) is 0 Å². The highest BCUT2D eigenvalue weighted by Gasteiger charge is 2.07. The second-order valence-electron chi connectivity index (χ2n) is 3.99. The van der Waals surface area contributed by atoms with Gasteiger partial charge in [-0.3, -0.25) is 0 Å². The largest absolute Gasteiger partial charge is 0.448 e. The molecule has 2 aromatic rings. The van der Waals surface area contributed by atoms with Gasteiger partial charge in [0.1, 0.15) is 5.76 Å². The molecule has 0 atom stereocenters. The Labute approximate surface area is 102 Å². The molecule has 3 heteroatoms. The maximum absolute atomic E-state index is 5.43. The summed E-state index contributed by atoms with van der Waals surface area (Å²) in [5, 5.41) is 3.27. The summed E-state index contributed by atoms with van der Waals surface area (Å²) < 4.78 is 5.43. The van der Waals surface area contributed by atoms with E-state index in [0.717, 1.165) is 37.4 Å². The first-order valence-electron chi connectivity index (χ1n) is 6.06. The summed E-state index contributed by atoms with van der Waals surface area (Å²) in [6, 6.07) is 10.4. The van der Waals surface area contributed by atoms with Crippen LogP contribution < -0.4 is 5.32 Å². The van der Waals surface area contributed by atoms with Crippen molar-refractivity contribution in [2.45, 2.75) is 26.3 Å². The van der Waals surface area contributed by atoms with Crippen LogP contribution in [0.3, 0.4) is 0 Å². The predicted octanol–water partition coefficient (Wildman–Crippen LogP) is 2.57. The van der Waals surface area contributed by atoms with Crippen molar-refractivity contribution in [3.05, 3.63) is 53.7 Å². The molecule has 0 unspecified atom stereocenters. The van der Waals surface area contributed by atoms with Crippen LogP contribution in [0.4, 0.5) is 0 Å². The first-order valence-corrected chi connectivity index (χ1v) is 6.06. The Balaban J connectivity index is 1.92. The monoisotopic (exact) mass is 230 g/mol. The number of nitrogens with one attached hydrogen (secondary N) is 1. The van der Waals surface area contributed by atoms with Crippen LogP contribution in [0.5, 0.6) is 0 Å². The molecular weight excluding hydrogens is 212 g/mol. The number of benzene rings is 1. The van der Waals surface area contributed by atoms with Crippen molar-refractivity contribution in [3.8, 4) is 0 Å². The third-order valence-corrected chi connectivity index (χ3v) is 2.75. The van der Waals surface area contributed by atoms with Crippen LogP contribution in [0, 0.1) is 0 Å². The standard InChI is InChI=1S/C14H18N2O/c1-2-15-10-13-14(17-11-16-13)9-8-12-6-4-3-5-7-12/h3-7,11,15H,2,8-10H2,1H3. The Morgan fingerprint density at radius 3 is 2.76 bits per heavy atom. The van der Waals surface area contributed by atoms with Crippen molar-refractivity contribution in [2.24, 2.45) is 0 Å². The Hall–Kier alpha value is -1.61. The molecule has 1 N–H and O–H groups in total. The van der Waals surface area contributed by atoms with Gasteiger partial charge in [0.25, 0.3) is 0 Å². The van der Waals surface area contributed by atoms with Gasteiger partial charge < -0.3 is 9.73 Å². The van der Waals surface area contributed by atoms with E-state index < -0.39 is 0 Å². The van der Waals surface area contributed by atoms with Crippen molar-refractivity contribution in [1.82, 2.24) is 10.3 Å². The van der Waals surface area contributed by atoms with Gasteiger partial charge in [-0.1, -0.05) is 37.3 Å². The van der Waals surface area contributed by atoms with Gasteiger partial charge in [0, 0.05) is 13.0 Å². The van der Waals surface area contributed by atoms with Crippen molar-refractivity contribution in [2.75, 3.05) is 6.54 Å². The van der Waals surface area contributed by atoms with E-state index in [1.54, 1.807) is 0 Å². The Morgan fingerprint density at radius 1 is 1.18 bits per heavy atom. The molecule has 2 rings (SSSR count). The Bertz CT molecular complexity index is 436. The molecule has 3 nitrogen and oxygen atoms in total. The molecule has 0 saturated heterocycles. The van der Waals surface area contributed by atoms with E-state index in [0.29, 0.717) is 0 Å². The van der Waals surface area contributed by atoms with Crippen LogP contribution in [-0.2, 0) is 19.4 Å². The lowest BCUT2D eigenvalue weighted by atomic mass is 10.1. The molecule has 0 aliphatic carbocycles. The number of nitrogens with zero attached hydrogens (tertiary/aromatic N) is 1. The highest BCUT2D eigenvalue weighted by molar-refractivity contribution is 5.17. The maximum Gasteiger partial charge on any atom is 0.181 e. The highest BCUT2D eigenvalue weighted by atomic mass is 16.3. The summed E-state index contributed by atoms with van der Waals surface area (Å²) in [5.74, 6) is 0.995. The van der Waals surface area contributed by atoms with Gasteiger partial charge in [-0.05, 0) is 18.5 Å². The van der Waals surface area contributed by atoms with Gasteiger partial charge in [-0.25, -0.2) is 4.98 Å². The summed E-state index contributed by atoms with van der Waals surface area (Å²) in [7, 11) is 0. The highest BCUT2D eigenvalue weighted by Crippen LogP contribution is 2.11. The molecule has 0 saturated carbocycles. The molecule has 0 aliphatic rings. The molecule has 17 heavy (non-hydrogen) atoms. The maximum atomic E-state index is 5.43. The van der Waals surface area contributed by atoms with E-state index in [1.807, 2.05) is 6.07 Å². The number of aromatic nitrogens is 1. The number of oxazole rings is 1. The van der Waals surface area contributed by atoms with E-state index in [1.165, 1.54) is 12.0 Å². The van der Waals surface area contributed by atoms with Crippen LogP contribution in [0.1, 0.15) is 23.9 Å². The minimum absolute atomic E-state index is 0.789. The van der Waals surface area contributed by atoms with Crippen LogP contribution in [0.2, 0.25) is 0 Å². The van der Waals surface area contributed by atoms with Gasteiger partial charge in [0.05, 0.1) is 5.69 Å². The van der Waals surface area contributed by atoms with Crippen molar-refractivity contribution >= 4 is 0 Å². The lowest BCUT2D eigenvalue weighted by Crippen LogP contribution is -2.13. The lowest BCUT2D eigenvalue weighted by molar-refractivity contribution is 0.498. The molecule has 0 radical (unpaired) electrons. The fourth-order valence-electron chi connectivity index (χ4n) is 1.79. The van der Waals surface area contributed by atoms with Crippen molar-refractivity contribution < 1.29 is 4.42 Å². The zero-order chi connectivity index (χ0) is 11.9. The van der Waals surface area contributed by atoms with Gasteiger partial charge in [0.2, 0.25) is 0 Å². The van der Waals surface area contributed by atoms with Crippen LogP contribution >= 0.6 is 0 Å². The summed E-state index contributed by atoms with van der Waals surface area (Å²) in [5.41, 5.74) is 2.36. The SMILES string of the molecule is CCNCc1ncoc1CCc1ccccc1. The summed E-state index contributed by atoms with van der Waals surface area (Å²) in [6.07, 6.45) is 3.44. The van der Waals surface area contributed by atoms with Crippen LogP contribution in [-0.4, -0.2) is 11.5 Å². The zero-order valence-corrected chi connectivity index (χ0v) is 10.1. The quantitative estimate of drug-likeness (QED) is 0.828. The number of rotatable bonds is 6. The molecule has 0 aliphatic heterocycles. The summed E-state index contributed by atoms with van der Waals surface area (Å²) in [6.45, 7) is 3.83. The summed E-state index contributed by atoms with van der Waals surface area (Å²) >= 11 is 0. The van der Waals surface area contributed by atoms with E-state index in [-0.39, 0.29) is 0 Å². The average molecular weight is 230 g/mol. The third kappa shape index (κ3) is 3.43. The molecule has 0 spiro atoms. The van der Waals surface area contributed by atoms with E-state index in [4.69, 9.17) is 4.42 Å². The molecule has 0 fully saturated rings. The zero-order valence-electron chi connectivity index (χ0n) is 10.1. The molecule has 0 bridgehead atoms. The molecule has 90 valence electrons. The Morgan fingerprint density at radius 2 is 2.00 bits per heavy atom. The van der Waals surface area contributed by atoms with E-state index >= 15 is 0 Å². The van der Waals surface area contributed by atoms with Crippen LogP contribution in [0.25, 0.3) is 0 Å². The van der Waals surface area contributed by atoms with Gasteiger partial charge >= 0.3 is 0 Å². The smallest absolute Gasteiger partial charge is 0.181 e. The average Bonchev–Trinajstić information content (AvgIpc) is 2.82. The van der Waals surface area contributed by atoms with E-state index in [2.05, 4.69) is 41.5 Å². The Kier molecular flexibility index (Phi) is 4.33. The van der Waals surface area contributed by atoms with E-state index in [9.17, 15) is 0 Å². The first-order chi connectivity index (χ1) is 8.40. The normalized spacial score (nSPS) is 10.6. The van der Waals surface area contributed by atoms with Crippen LogP contribution in [0.15, 0.2) is 41.1 Å². The first kappa shape index (κ1) is 11.9. The summed E-state index contributed by atoms with van der Waals surface area (Å²) in [4.78, 5) is 4.24. The topological polar surface area (TPSA) is 38.1 Å². The molecular formula is C14H18N2O. The predicted molar refractivity (Wildman–Crippen MR) is 67.7 cm³/mol. The fourth-order valence-corrected chi connectivity index (χ4v) is 1.79. The minimum atomic E-state index is 0.789. The second-order valence-corrected chi connectivity index (χ2v) is 3.99. The lowest BCUT2D eigenvalue weighted by Gasteiger charge is -2.02. The molecule has 0 amide bonds. The second kappa shape index (κ2) is 6.21. The van der Waals surface area contributed by atoms with Crippen molar-refractivity contribution in [3.63, 3.8) is 0 Å². The van der Waals surface area contributed by atoms with Gasteiger partial charge in [0.15, 0.2) is 6.39 Å². The molecule has 1 aromatic carbocycles. The minimum Gasteiger partial charge on any atom is -0.448 e. The third-order valence-electron chi connectivity index (χ3n) is 2.75. The van der Waals surface area contributed by atoms with Crippen molar-refractivity contribution in [1.29, 1.82) is 0 Å². The fraction of sp³-hybridized carbons (Fsp3) is 0.357. The number of hydrogen-bond acceptors (Lipinski definition) is 3. The number of hydrogen-bond donors (Lipinski definition) is 1.